The molecule has 20 nitrogen and oxygen atoms in total. The summed E-state index contributed by atoms with van der Waals surface area (Å²) in [7, 11) is 0. The van der Waals surface area contributed by atoms with Crippen molar-refractivity contribution < 1.29 is 71.6 Å². The molecule has 5 rings (SSSR count). The third-order valence-electron chi connectivity index (χ3n) is 16.6. The maximum absolute atomic E-state index is 11.9. The summed E-state index contributed by atoms with van der Waals surface area (Å²) in [6.45, 7) is 29.9. The number of esters is 5. The summed E-state index contributed by atoms with van der Waals surface area (Å²) in [6.07, 6.45) is 28.1. The van der Waals surface area contributed by atoms with E-state index in [1.807, 2.05) is 16.7 Å². The average Bonchev–Trinajstić information content (AvgIpc) is 2.99. The Hall–Kier alpha value is -5.30. The van der Waals surface area contributed by atoms with E-state index in [0.29, 0.717) is 97.9 Å². The van der Waals surface area contributed by atoms with Crippen molar-refractivity contribution in [3.63, 3.8) is 0 Å². The van der Waals surface area contributed by atoms with E-state index in [-0.39, 0.29) is 89.0 Å². The van der Waals surface area contributed by atoms with Crippen LogP contribution in [-0.2, 0) is 71.6 Å². The Bertz CT molecular complexity index is 2040. The minimum absolute atomic E-state index is 0.0827. The van der Waals surface area contributed by atoms with Gasteiger partial charge in [0.2, 0.25) is 29.5 Å². The van der Waals surface area contributed by atoms with Gasteiger partial charge in [-0.1, -0.05) is 166 Å². The van der Waals surface area contributed by atoms with Crippen LogP contribution in [0.1, 0.15) is 262 Å². The molecule has 0 spiro atoms. The van der Waals surface area contributed by atoms with E-state index < -0.39 is 0 Å². The van der Waals surface area contributed by atoms with Crippen LogP contribution in [0.3, 0.4) is 0 Å². The third-order valence-corrected chi connectivity index (χ3v) is 16.6. The Morgan fingerprint density at radius 2 is 0.444 bits per heavy atom. The summed E-state index contributed by atoms with van der Waals surface area (Å²) in [5.74, 6) is -1.71. The number of likely N-dealkylation sites (tertiary alicyclic amines) is 5. The molecule has 0 aliphatic carbocycles. The number of ether oxygens (including phenoxy) is 5. The first-order valence-electron chi connectivity index (χ1n) is 35.7. The van der Waals surface area contributed by atoms with Crippen molar-refractivity contribution in [2.24, 2.45) is 29.6 Å². The summed E-state index contributed by atoms with van der Waals surface area (Å²) in [4.78, 5) is 126. The summed E-state index contributed by atoms with van der Waals surface area (Å²) < 4.78 is 25.8. The molecule has 5 heterocycles. The Morgan fingerprint density at radius 1 is 0.256 bits per heavy atom. The second-order valence-corrected chi connectivity index (χ2v) is 24.8. The van der Waals surface area contributed by atoms with Gasteiger partial charge in [0.05, 0.1) is 62.6 Å². The fourth-order valence-electron chi connectivity index (χ4n) is 10.7. The number of carbonyl (C=O) groups is 10. The van der Waals surface area contributed by atoms with Gasteiger partial charge in [-0.3, -0.25) is 47.9 Å². The molecule has 0 saturated carbocycles. The standard InChI is InChI=1S/C16H29NO3.C15H27NO3.C14H25NO3.C13H23NO3.C12H21NO3/c1-3-5-7-8-9-10-17-13-14(12-15(17)18)16(19)20-11-6-4-2;1-3-5-7-8-9-16-12-13(11-14(16)17)15(18)19-10-6-4-2;1-3-5-7-8-15-11-12(10-13(15)16)14(17)18-9-6-4-2;1-3-5-7-14-10-11(9-12(14)15)13(16)17-8-6-4-2;1-3-5-7-16-12(15)10-8-11(14)13(9-10)6-4-2/h14H,3-13H2,1-2H3;13H,3-12H2,1-2H3;12H,3-11H2,1-2H3;11H,3-10H2,1-2H3;10H,3-9H2,1-2H3. The van der Waals surface area contributed by atoms with Crippen LogP contribution in [0.5, 0.6) is 0 Å². The van der Waals surface area contributed by atoms with Gasteiger partial charge in [0.1, 0.15) is 0 Å². The van der Waals surface area contributed by atoms with Crippen LogP contribution >= 0.6 is 0 Å². The maximum atomic E-state index is 11.9. The molecule has 0 aromatic carbocycles. The highest BCUT2D eigenvalue weighted by Crippen LogP contribution is 2.25. The number of unbranched alkanes of at least 4 members (excludes halogenated alkanes) is 15. The third kappa shape index (κ3) is 35.5. The summed E-state index contributed by atoms with van der Waals surface area (Å²) in [5, 5.41) is 0. The lowest BCUT2D eigenvalue weighted by Gasteiger charge is -2.16. The highest BCUT2D eigenvalue weighted by atomic mass is 16.5. The summed E-state index contributed by atoms with van der Waals surface area (Å²) in [6, 6.07) is 0. The lowest BCUT2D eigenvalue weighted by atomic mass is 10.1. The van der Waals surface area contributed by atoms with Gasteiger partial charge < -0.3 is 48.2 Å². The molecule has 5 amide bonds. The second kappa shape index (κ2) is 52.2. The molecule has 520 valence electrons. The smallest absolute Gasteiger partial charge is 0.311 e. The average molecular weight is 1280 g/mol. The highest BCUT2D eigenvalue weighted by molar-refractivity contribution is 5.89. The lowest BCUT2D eigenvalue weighted by Crippen LogP contribution is -2.27. The lowest BCUT2D eigenvalue weighted by molar-refractivity contribution is -0.149. The van der Waals surface area contributed by atoms with Gasteiger partial charge in [0.15, 0.2) is 0 Å². The van der Waals surface area contributed by atoms with Crippen molar-refractivity contribution >= 4 is 59.4 Å². The molecule has 5 saturated heterocycles. The van der Waals surface area contributed by atoms with Crippen molar-refractivity contribution in [1.82, 2.24) is 24.5 Å². The zero-order valence-corrected chi connectivity index (χ0v) is 58.1. The van der Waals surface area contributed by atoms with Gasteiger partial charge in [0.25, 0.3) is 0 Å². The highest BCUT2D eigenvalue weighted by Gasteiger charge is 2.39. The number of amides is 5. The van der Waals surface area contributed by atoms with E-state index in [2.05, 4.69) is 62.3 Å². The van der Waals surface area contributed by atoms with Gasteiger partial charge in [-0.15, -0.1) is 0 Å². The molecule has 5 fully saturated rings. The molecule has 0 bridgehead atoms. The van der Waals surface area contributed by atoms with E-state index >= 15 is 0 Å². The van der Waals surface area contributed by atoms with Crippen LogP contribution in [0, 0.1) is 29.6 Å². The van der Waals surface area contributed by atoms with Gasteiger partial charge in [0, 0.05) is 97.6 Å². The van der Waals surface area contributed by atoms with E-state index in [9.17, 15) is 47.9 Å². The molecule has 5 unspecified atom stereocenters. The molecule has 5 aliphatic rings. The topological polar surface area (TPSA) is 233 Å². The first-order chi connectivity index (χ1) is 43.4. The largest absolute Gasteiger partial charge is 0.465 e. The number of carbonyl (C=O) groups excluding carboxylic acids is 10. The minimum Gasteiger partial charge on any atom is -0.465 e. The minimum atomic E-state index is -0.241. The summed E-state index contributed by atoms with van der Waals surface area (Å²) >= 11 is 0. The van der Waals surface area contributed by atoms with E-state index in [0.717, 1.165) is 155 Å². The van der Waals surface area contributed by atoms with E-state index in [4.69, 9.17) is 23.7 Å². The van der Waals surface area contributed by atoms with Gasteiger partial charge in [-0.25, -0.2) is 0 Å². The van der Waals surface area contributed by atoms with Gasteiger partial charge in [-0.05, 0) is 64.2 Å². The van der Waals surface area contributed by atoms with Crippen LogP contribution in [0.25, 0.3) is 0 Å². The Morgan fingerprint density at radius 3 is 0.678 bits per heavy atom. The van der Waals surface area contributed by atoms with Crippen molar-refractivity contribution in [1.29, 1.82) is 0 Å². The van der Waals surface area contributed by atoms with Crippen molar-refractivity contribution in [2.75, 3.05) is 98.5 Å². The molecule has 0 N–H and O–H groups in total. The Kier molecular flexibility index (Phi) is 48.0. The first kappa shape index (κ1) is 82.7. The Labute approximate surface area is 543 Å². The zero-order valence-electron chi connectivity index (χ0n) is 58.1. The van der Waals surface area contributed by atoms with E-state index in [1.54, 1.807) is 14.7 Å². The predicted molar refractivity (Wildman–Crippen MR) is 350 cm³/mol. The fourth-order valence-corrected chi connectivity index (χ4v) is 10.7. The zero-order chi connectivity index (χ0) is 66.9. The number of hydrogen-bond acceptors (Lipinski definition) is 15. The number of nitrogens with zero attached hydrogens (tertiary/aromatic N) is 5. The van der Waals surface area contributed by atoms with Crippen LogP contribution in [0.15, 0.2) is 0 Å². The van der Waals surface area contributed by atoms with Gasteiger partial charge in [-0.2, -0.15) is 0 Å². The molecule has 5 aliphatic heterocycles. The first-order valence-corrected chi connectivity index (χ1v) is 35.7. The Balaban J connectivity index is 0.000000564. The van der Waals surface area contributed by atoms with Gasteiger partial charge >= 0.3 is 29.8 Å². The molecular formula is C70H125N5O15. The quantitative estimate of drug-likeness (QED) is 0.0315. The molecule has 0 aromatic rings. The van der Waals surface area contributed by atoms with Crippen molar-refractivity contribution in [2.45, 2.75) is 262 Å². The normalized spacial score (nSPS) is 19.3. The molecule has 20 heteroatoms. The maximum Gasteiger partial charge on any atom is 0.311 e. The number of rotatable bonds is 40. The molecule has 90 heavy (non-hydrogen) atoms. The van der Waals surface area contributed by atoms with E-state index in [1.165, 1.54) is 38.5 Å². The van der Waals surface area contributed by atoms with Crippen LogP contribution < -0.4 is 0 Å². The molecule has 0 aromatic heterocycles. The SMILES string of the molecule is CCCCCCCN1CC(C(=O)OCCCC)CC1=O.CCCCCCN1CC(C(=O)OCCCC)CC1=O.CCCCCN1CC(C(=O)OCCCC)CC1=O.CCCCOC(=O)C1CC(=O)N(CCC)C1.CCCCOC(=O)C1CC(=O)N(CCCC)C1. The van der Waals surface area contributed by atoms with Crippen molar-refractivity contribution in [3.05, 3.63) is 0 Å². The molecule has 0 radical (unpaired) electrons. The monoisotopic (exact) mass is 1280 g/mol. The van der Waals surface area contributed by atoms with Crippen molar-refractivity contribution in [3.8, 4) is 0 Å². The molecule has 5 atom stereocenters. The molecular weight excluding hydrogens is 1150 g/mol. The summed E-state index contributed by atoms with van der Waals surface area (Å²) in [5.41, 5.74) is 0. The van der Waals surface area contributed by atoms with Crippen LogP contribution in [0.4, 0.5) is 0 Å². The predicted octanol–water partition coefficient (Wildman–Crippen LogP) is 11.8. The second-order valence-electron chi connectivity index (χ2n) is 24.8. The van der Waals surface area contributed by atoms with Crippen LogP contribution in [-0.4, -0.2) is 182 Å². The number of hydrogen-bond donors (Lipinski definition) is 0. The fraction of sp³-hybridized carbons (Fsp3) is 0.857. The van der Waals surface area contributed by atoms with Crippen LogP contribution in [0.2, 0.25) is 0 Å².